The first-order chi connectivity index (χ1) is 10.1. The van der Waals surface area contributed by atoms with Gasteiger partial charge in [0.1, 0.15) is 0 Å². The molecular weight excluding hydrogens is 258 g/mol. The molecule has 0 amide bonds. The van der Waals surface area contributed by atoms with Crippen molar-refractivity contribution in [3.8, 4) is 0 Å². The smallest absolute Gasteiger partial charge is 0.0459 e. The Kier molecular flexibility index (Phi) is 4.02. The van der Waals surface area contributed by atoms with Gasteiger partial charge in [-0.1, -0.05) is 12.6 Å². The molecule has 1 aromatic carbocycles. The SMILES string of the molecule is C=C(NCCN1CCCC1)c1ccc2[nH]c(C)c(C)c2c1. The summed E-state index contributed by atoms with van der Waals surface area (Å²) in [5.74, 6) is 0. The van der Waals surface area contributed by atoms with E-state index in [0.717, 1.165) is 18.8 Å². The lowest BCUT2D eigenvalue weighted by molar-refractivity contribution is 0.343. The molecule has 1 saturated heterocycles. The van der Waals surface area contributed by atoms with Gasteiger partial charge in [-0.15, -0.1) is 0 Å². The third kappa shape index (κ3) is 2.98. The number of hydrogen-bond donors (Lipinski definition) is 2. The zero-order valence-electron chi connectivity index (χ0n) is 13.1. The van der Waals surface area contributed by atoms with E-state index in [1.807, 2.05) is 0 Å². The molecule has 0 spiro atoms. The van der Waals surface area contributed by atoms with Crippen LogP contribution in [0.1, 0.15) is 29.7 Å². The molecule has 3 heteroatoms. The molecule has 2 N–H and O–H groups in total. The fourth-order valence-corrected chi connectivity index (χ4v) is 3.12. The Bertz CT molecular complexity index is 648. The summed E-state index contributed by atoms with van der Waals surface area (Å²) in [5.41, 5.74) is 5.99. The van der Waals surface area contributed by atoms with E-state index in [4.69, 9.17) is 0 Å². The standard InChI is InChI=1S/C18H25N3/c1-13-14(2)20-18-7-6-16(12-17(13)18)15(3)19-8-11-21-9-4-5-10-21/h6-7,12,19-20H,3-5,8-11H2,1-2H3. The van der Waals surface area contributed by atoms with Gasteiger partial charge < -0.3 is 15.2 Å². The lowest BCUT2D eigenvalue weighted by Gasteiger charge is -2.16. The summed E-state index contributed by atoms with van der Waals surface area (Å²) in [6.45, 7) is 13.1. The van der Waals surface area contributed by atoms with Crippen LogP contribution in [0.4, 0.5) is 0 Å². The van der Waals surface area contributed by atoms with Crippen LogP contribution in [0.3, 0.4) is 0 Å². The quantitative estimate of drug-likeness (QED) is 0.880. The molecule has 1 aromatic heterocycles. The highest BCUT2D eigenvalue weighted by molar-refractivity contribution is 5.87. The molecule has 0 bridgehead atoms. The number of aryl methyl sites for hydroxylation is 2. The minimum absolute atomic E-state index is 0.974. The fourth-order valence-electron chi connectivity index (χ4n) is 3.12. The highest BCUT2D eigenvalue weighted by atomic mass is 15.1. The van der Waals surface area contributed by atoms with Gasteiger partial charge in [-0.25, -0.2) is 0 Å². The van der Waals surface area contributed by atoms with Gasteiger partial charge in [-0.2, -0.15) is 0 Å². The molecule has 1 fully saturated rings. The number of aromatic amines is 1. The van der Waals surface area contributed by atoms with Gasteiger partial charge in [0.05, 0.1) is 0 Å². The van der Waals surface area contributed by atoms with Crippen molar-refractivity contribution in [1.29, 1.82) is 0 Å². The van der Waals surface area contributed by atoms with Gasteiger partial charge in [0.25, 0.3) is 0 Å². The number of nitrogens with one attached hydrogen (secondary N) is 2. The van der Waals surface area contributed by atoms with Crippen molar-refractivity contribution >= 4 is 16.6 Å². The third-order valence-corrected chi connectivity index (χ3v) is 4.62. The monoisotopic (exact) mass is 283 g/mol. The topological polar surface area (TPSA) is 31.1 Å². The van der Waals surface area contributed by atoms with Crippen molar-refractivity contribution in [3.63, 3.8) is 0 Å². The number of H-pyrrole nitrogens is 1. The zero-order chi connectivity index (χ0) is 14.8. The predicted octanol–water partition coefficient (Wildman–Crippen LogP) is 3.44. The molecule has 0 radical (unpaired) electrons. The number of aromatic nitrogens is 1. The maximum Gasteiger partial charge on any atom is 0.0459 e. The van der Waals surface area contributed by atoms with Crippen LogP contribution < -0.4 is 5.32 Å². The van der Waals surface area contributed by atoms with Gasteiger partial charge in [0.2, 0.25) is 0 Å². The second-order valence-electron chi connectivity index (χ2n) is 6.09. The Morgan fingerprint density at radius 2 is 2.05 bits per heavy atom. The summed E-state index contributed by atoms with van der Waals surface area (Å²) in [4.78, 5) is 5.93. The van der Waals surface area contributed by atoms with E-state index in [1.54, 1.807) is 0 Å². The number of fused-ring (bicyclic) bond motifs is 1. The van der Waals surface area contributed by atoms with Crippen molar-refractivity contribution in [2.75, 3.05) is 26.2 Å². The van der Waals surface area contributed by atoms with Crippen molar-refractivity contribution in [3.05, 3.63) is 41.6 Å². The highest BCUT2D eigenvalue weighted by Gasteiger charge is 2.11. The van der Waals surface area contributed by atoms with Crippen molar-refractivity contribution < 1.29 is 0 Å². The Hall–Kier alpha value is -1.74. The molecule has 21 heavy (non-hydrogen) atoms. The minimum Gasteiger partial charge on any atom is -0.384 e. The minimum atomic E-state index is 0.974. The second-order valence-corrected chi connectivity index (χ2v) is 6.09. The number of likely N-dealkylation sites (tertiary alicyclic amines) is 1. The van der Waals surface area contributed by atoms with E-state index >= 15 is 0 Å². The fraction of sp³-hybridized carbons (Fsp3) is 0.444. The Balaban J connectivity index is 1.65. The van der Waals surface area contributed by atoms with Crippen molar-refractivity contribution in [2.24, 2.45) is 0 Å². The summed E-state index contributed by atoms with van der Waals surface area (Å²) >= 11 is 0. The maximum atomic E-state index is 4.19. The molecule has 2 aromatic rings. The van der Waals surface area contributed by atoms with E-state index in [9.17, 15) is 0 Å². The van der Waals surface area contributed by atoms with Gasteiger partial charge >= 0.3 is 0 Å². The van der Waals surface area contributed by atoms with Crippen LogP contribution in [0.15, 0.2) is 24.8 Å². The van der Waals surface area contributed by atoms with Gasteiger partial charge in [-0.3, -0.25) is 0 Å². The lowest BCUT2D eigenvalue weighted by atomic mass is 10.1. The first-order valence-corrected chi connectivity index (χ1v) is 7.89. The van der Waals surface area contributed by atoms with E-state index < -0.39 is 0 Å². The molecule has 0 atom stereocenters. The van der Waals surface area contributed by atoms with Crippen LogP contribution in [0, 0.1) is 13.8 Å². The van der Waals surface area contributed by atoms with Gasteiger partial charge in [0.15, 0.2) is 0 Å². The Morgan fingerprint density at radius 1 is 1.29 bits per heavy atom. The number of hydrogen-bond acceptors (Lipinski definition) is 2. The third-order valence-electron chi connectivity index (χ3n) is 4.62. The molecule has 0 saturated carbocycles. The first-order valence-electron chi connectivity index (χ1n) is 7.89. The molecule has 1 aliphatic heterocycles. The number of nitrogens with zero attached hydrogens (tertiary/aromatic N) is 1. The molecule has 3 nitrogen and oxygen atoms in total. The largest absolute Gasteiger partial charge is 0.384 e. The van der Waals surface area contributed by atoms with Crippen LogP contribution in [-0.2, 0) is 0 Å². The molecular formula is C18H25N3. The molecule has 1 aliphatic rings. The number of rotatable bonds is 5. The van der Waals surface area contributed by atoms with E-state index in [1.165, 1.54) is 53.7 Å². The highest BCUT2D eigenvalue weighted by Crippen LogP contribution is 2.24. The van der Waals surface area contributed by atoms with E-state index in [2.05, 4.69) is 53.8 Å². The molecule has 112 valence electrons. The zero-order valence-corrected chi connectivity index (χ0v) is 13.1. The number of benzene rings is 1. The van der Waals surface area contributed by atoms with Gasteiger partial charge in [-0.05, 0) is 63.0 Å². The van der Waals surface area contributed by atoms with Crippen LogP contribution in [0.25, 0.3) is 16.6 Å². The summed E-state index contributed by atoms with van der Waals surface area (Å²) in [6, 6.07) is 6.53. The van der Waals surface area contributed by atoms with E-state index in [0.29, 0.717) is 0 Å². The summed E-state index contributed by atoms with van der Waals surface area (Å²) in [5, 5.41) is 4.77. The van der Waals surface area contributed by atoms with Crippen molar-refractivity contribution in [1.82, 2.24) is 15.2 Å². The normalized spacial score (nSPS) is 15.7. The molecule has 0 unspecified atom stereocenters. The summed E-state index contributed by atoms with van der Waals surface area (Å²) < 4.78 is 0. The molecule has 3 rings (SSSR count). The van der Waals surface area contributed by atoms with Crippen LogP contribution in [-0.4, -0.2) is 36.1 Å². The average Bonchev–Trinajstić information content (AvgIpc) is 3.08. The summed E-state index contributed by atoms with van der Waals surface area (Å²) in [6.07, 6.45) is 2.70. The average molecular weight is 283 g/mol. The second kappa shape index (κ2) is 5.94. The van der Waals surface area contributed by atoms with E-state index in [-0.39, 0.29) is 0 Å². The van der Waals surface area contributed by atoms with Gasteiger partial charge in [0, 0.05) is 35.4 Å². The first kappa shape index (κ1) is 14.2. The Morgan fingerprint density at radius 3 is 2.81 bits per heavy atom. The predicted molar refractivity (Wildman–Crippen MR) is 90.5 cm³/mol. The molecule has 2 heterocycles. The van der Waals surface area contributed by atoms with Crippen LogP contribution in [0.5, 0.6) is 0 Å². The van der Waals surface area contributed by atoms with Crippen LogP contribution in [0.2, 0.25) is 0 Å². The van der Waals surface area contributed by atoms with Crippen molar-refractivity contribution in [2.45, 2.75) is 26.7 Å². The maximum absolute atomic E-state index is 4.19. The lowest BCUT2D eigenvalue weighted by Crippen LogP contribution is -2.29. The molecule has 0 aliphatic carbocycles. The van der Waals surface area contributed by atoms with Crippen LogP contribution >= 0.6 is 0 Å². The Labute approximate surface area is 127 Å². The summed E-state index contributed by atoms with van der Waals surface area (Å²) in [7, 11) is 0.